The molecule has 142 valence electrons. The van der Waals surface area contributed by atoms with Crippen LogP contribution in [0.25, 0.3) is 5.57 Å². The van der Waals surface area contributed by atoms with Gasteiger partial charge in [-0.15, -0.1) is 0 Å². The maximum Gasteiger partial charge on any atom is 0.417 e. The van der Waals surface area contributed by atoms with Gasteiger partial charge in [0.15, 0.2) is 0 Å². The third kappa shape index (κ3) is 3.51. The van der Waals surface area contributed by atoms with Crippen molar-refractivity contribution >= 4 is 17.5 Å². The third-order valence-electron chi connectivity index (χ3n) is 5.23. The Kier molecular flexibility index (Phi) is 5.13. The summed E-state index contributed by atoms with van der Waals surface area (Å²) in [5.41, 5.74) is 2.42. The average molecular weight is 373 g/mol. The van der Waals surface area contributed by atoms with Crippen molar-refractivity contribution in [2.75, 3.05) is 19.0 Å². The molecule has 0 amide bonds. The van der Waals surface area contributed by atoms with Crippen LogP contribution in [0, 0.1) is 6.92 Å². The zero-order valence-electron chi connectivity index (χ0n) is 15.6. The minimum Gasteiger partial charge on any atom is -0.377 e. The van der Waals surface area contributed by atoms with Gasteiger partial charge < -0.3 is 4.90 Å². The molecule has 0 aliphatic heterocycles. The zero-order valence-corrected chi connectivity index (χ0v) is 15.6. The molecular formula is C22H22F3NO. The van der Waals surface area contributed by atoms with Gasteiger partial charge in [-0.2, -0.15) is 13.2 Å². The van der Waals surface area contributed by atoms with Crippen LogP contribution in [-0.4, -0.2) is 26.6 Å². The van der Waals surface area contributed by atoms with Crippen molar-refractivity contribution in [1.82, 2.24) is 0 Å². The van der Waals surface area contributed by atoms with E-state index in [1.165, 1.54) is 6.07 Å². The predicted octanol–water partition coefficient (Wildman–Crippen LogP) is 5.31. The van der Waals surface area contributed by atoms with Crippen molar-refractivity contribution in [2.24, 2.45) is 0 Å². The molecular weight excluding hydrogens is 351 g/mol. The monoisotopic (exact) mass is 373 g/mol. The van der Waals surface area contributed by atoms with Crippen LogP contribution in [0.3, 0.4) is 0 Å². The number of carbonyl (C=O) groups excluding carboxylic acids is 1. The van der Waals surface area contributed by atoms with Crippen molar-refractivity contribution in [1.29, 1.82) is 0 Å². The highest BCUT2D eigenvalue weighted by Gasteiger charge is 2.41. The van der Waals surface area contributed by atoms with E-state index in [-0.39, 0.29) is 11.1 Å². The molecule has 0 heterocycles. The van der Waals surface area contributed by atoms with Crippen LogP contribution in [0.5, 0.6) is 0 Å². The summed E-state index contributed by atoms with van der Waals surface area (Å²) in [7, 11) is 3.39. The van der Waals surface area contributed by atoms with Crippen molar-refractivity contribution in [2.45, 2.75) is 31.9 Å². The number of carbonyl (C=O) groups is 1. The zero-order chi connectivity index (χ0) is 19.8. The second-order valence-electron chi connectivity index (χ2n) is 7.09. The maximum atomic E-state index is 14.2. The molecule has 0 saturated carbocycles. The number of fused-ring (bicyclic) bond motifs is 1. The molecule has 27 heavy (non-hydrogen) atoms. The molecule has 2 nitrogen and oxygen atoms in total. The fraction of sp³-hybridized carbons (Fsp3) is 0.318. The summed E-state index contributed by atoms with van der Waals surface area (Å²) >= 11 is 0. The van der Waals surface area contributed by atoms with Gasteiger partial charge in [-0.1, -0.05) is 36.4 Å². The molecule has 2 aromatic rings. The molecule has 0 N–H and O–H groups in total. The number of para-hydroxylation sites is 1. The number of allylic oxidation sites excluding steroid dienone is 2. The summed E-state index contributed by atoms with van der Waals surface area (Å²) in [6.45, 7) is 1.96. The van der Waals surface area contributed by atoms with Crippen LogP contribution in [-0.2, 0) is 11.2 Å². The first-order valence-electron chi connectivity index (χ1n) is 8.87. The van der Waals surface area contributed by atoms with Gasteiger partial charge in [-0.3, -0.25) is 4.79 Å². The predicted molar refractivity (Wildman–Crippen MR) is 102 cm³/mol. The van der Waals surface area contributed by atoms with Crippen LogP contribution >= 0.6 is 0 Å². The lowest BCUT2D eigenvalue weighted by atomic mass is 9.86. The number of aldehydes is 1. The summed E-state index contributed by atoms with van der Waals surface area (Å²) < 4.78 is 42.5. The normalized spacial score (nSPS) is 17.3. The Bertz CT molecular complexity index is 897. The lowest BCUT2D eigenvalue weighted by Gasteiger charge is -2.24. The van der Waals surface area contributed by atoms with E-state index in [4.69, 9.17) is 0 Å². The molecule has 1 unspecified atom stereocenters. The summed E-state index contributed by atoms with van der Waals surface area (Å²) in [6.07, 6.45) is -3.03. The molecule has 0 fully saturated rings. The van der Waals surface area contributed by atoms with E-state index in [0.29, 0.717) is 24.8 Å². The SMILES string of the molecule is Cc1cccc2c1CCC2/C(C=O)=C(/c1ccccc1N(C)C)C(F)(F)F. The molecule has 3 rings (SSSR count). The van der Waals surface area contributed by atoms with Crippen LogP contribution in [0.1, 0.15) is 34.6 Å². The van der Waals surface area contributed by atoms with Gasteiger partial charge in [0, 0.05) is 36.8 Å². The molecule has 0 saturated heterocycles. The van der Waals surface area contributed by atoms with Crippen LogP contribution < -0.4 is 4.90 Å². The van der Waals surface area contributed by atoms with Gasteiger partial charge in [0.05, 0.1) is 5.57 Å². The van der Waals surface area contributed by atoms with Crippen LogP contribution in [0.2, 0.25) is 0 Å². The van der Waals surface area contributed by atoms with Crippen molar-refractivity contribution in [3.63, 3.8) is 0 Å². The van der Waals surface area contributed by atoms with Crippen molar-refractivity contribution in [3.8, 4) is 0 Å². The first kappa shape index (κ1) is 19.2. The molecule has 1 aliphatic rings. The van der Waals surface area contributed by atoms with Gasteiger partial charge in [-0.05, 0) is 42.5 Å². The molecule has 5 heteroatoms. The molecule has 1 aliphatic carbocycles. The van der Waals surface area contributed by atoms with Crippen molar-refractivity contribution < 1.29 is 18.0 Å². The smallest absolute Gasteiger partial charge is 0.377 e. The van der Waals surface area contributed by atoms with E-state index in [9.17, 15) is 18.0 Å². The number of benzene rings is 2. The molecule has 1 atom stereocenters. The van der Waals surface area contributed by atoms with E-state index < -0.39 is 17.7 Å². The van der Waals surface area contributed by atoms with Gasteiger partial charge >= 0.3 is 6.18 Å². The van der Waals surface area contributed by atoms with Crippen LogP contribution in [0.15, 0.2) is 48.0 Å². The second kappa shape index (κ2) is 7.22. The maximum absolute atomic E-state index is 14.2. The number of aryl methyl sites for hydroxylation is 1. The van der Waals surface area contributed by atoms with E-state index in [2.05, 4.69) is 0 Å². The Morgan fingerprint density at radius 2 is 1.81 bits per heavy atom. The minimum atomic E-state index is -4.63. The second-order valence-corrected chi connectivity index (χ2v) is 7.09. The molecule has 0 spiro atoms. The first-order chi connectivity index (χ1) is 12.8. The van der Waals surface area contributed by atoms with E-state index in [1.54, 1.807) is 37.2 Å². The molecule has 0 bridgehead atoms. The number of halogens is 3. The standard InChI is InChI=1S/C22H22F3NO/c1-14-7-6-9-16-15(14)11-12-17(16)19(13-27)21(22(23,24)25)18-8-4-5-10-20(18)26(2)3/h4-10,13,17H,11-12H2,1-3H3/b21-19-. The quantitative estimate of drug-likeness (QED) is 0.535. The summed E-state index contributed by atoms with van der Waals surface area (Å²) in [4.78, 5) is 13.6. The lowest BCUT2D eigenvalue weighted by molar-refractivity contribution is -0.105. The number of anilines is 1. The van der Waals surface area contributed by atoms with E-state index >= 15 is 0 Å². The van der Waals surface area contributed by atoms with Crippen molar-refractivity contribution in [3.05, 3.63) is 70.3 Å². The Morgan fingerprint density at radius 1 is 1.11 bits per heavy atom. The lowest BCUT2D eigenvalue weighted by Crippen LogP contribution is -2.20. The Labute approximate surface area is 157 Å². The van der Waals surface area contributed by atoms with Crippen LogP contribution in [0.4, 0.5) is 18.9 Å². The molecule has 2 aromatic carbocycles. The highest BCUT2D eigenvalue weighted by atomic mass is 19.4. The summed E-state index contributed by atoms with van der Waals surface area (Å²) in [6, 6.07) is 12.0. The topological polar surface area (TPSA) is 20.3 Å². The number of rotatable bonds is 4. The Balaban J connectivity index is 2.28. The number of alkyl halides is 3. The van der Waals surface area contributed by atoms with Gasteiger partial charge in [0.1, 0.15) is 6.29 Å². The Morgan fingerprint density at radius 3 is 2.44 bits per heavy atom. The summed E-state index contributed by atoms with van der Waals surface area (Å²) in [5, 5.41) is 0. The van der Waals surface area contributed by atoms with Gasteiger partial charge in [0.2, 0.25) is 0 Å². The molecule has 0 aromatic heterocycles. The minimum absolute atomic E-state index is 0.0400. The number of hydrogen-bond donors (Lipinski definition) is 0. The number of hydrogen-bond acceptors (Lipinski definition) is 2. The Hall–Kier alpha value is -2.56. The van der Waals surface area contributed by atoms with Gasteiger partial charge in [0.25, 0.3) is 0 Å². The third-order valence-corrected chi connectivity index (χ3v) is 5.23. The number of nitrogens with zero attached hydrogens (tertiary/aromatic N) is 1. The average Bonchev–Trinajstić information content (AvgIpc) is 3.03. The highest BCUT2D eigenvalue weighted by molar-refractivity contribution is 5.95. The molecule has 0 radical (unpaired) electrons. The first-order valence-corrected chi connectivity index (χ1v) is 8.87. The summed E-state index contributed by atoms with van der Waals surface area (Å²) in [5.74, 6) is -0.538. The fourth-order valence-corrected chi connectivity index (χ4v) is 4.02. The largest absolute Gasteiger partial charge is 0.417 e. The highest BCUT2D eigenvalue weighted by Crippen LogP contribution is 2.47. The van der Waals surface area contributed by atoms with E-state index in [0.717, 1.165) is 16.7 Å². The fourth-order valence-electron chi connectivity index (χ4n) is 4.02. The van der Waals surface area contributed by atoms with E-state index in [1.807, 2.05) is 25.1 Å². The van der Waals surface area contributed by atoms with Gasteiger partial charge in [-0.25, -0.2) is 0 Å².